The van der Waals surface area contributed by atoms with E-state index in [0.717, 1.165) is 70.7 Å². The van der Waals surface area contributed by atoms with Gasteiger partial charge in [-0.05, 0) is 68.1 Å². The molecule has 1 unspecified atom stereocenters. The minimum atomic E-state index is -4.70. The summed E-state index contributed by atoms with van der Waals surface area (Å²) in [6, 6.07) is 2.46. The molecular weight excluding hydrogens is 467 g/mol. The van der Waals surface area contributed by atoms with E-state index in [1.807, 2.05) is 0 Å². The number of nitrogens with zero attached hydrogens (tertiary/aromatic N) is 3. The maximum Gasteiger partial charge on any atom is 0.420 e. The highest BCUT2D eigenvalue weighted by Crippen LogP contribution is 2.42. The maximum absolute atomic E-state index is 14.3. The van der Waals surface area contributed by atoms with Crippen LogP contribution >= 0.6 is 0 Å². The van der Waals surface area contributed by atoms with E-state index in [2.05, 4.69) is 20.4 Å². The lowest BCUT2D eigenvalue weighted by Gasteiger charge is -2.28. The summed E-state index contributed by atoms with van der Waals surface area (Å²) < 4.78 is 75.0. The Morgan fingerprint density at radius 1 is 1.00 bits per heavy atom. The number of likely N-dealkylation sites (tertiary alicyclic amines) is 1. The standard InChI is InChI=1S/C25H29F5N4O/c1-14-6-19(22(27)10-21(14)26)23-9-20(25(28,29)30)24(33-32-23)31-18-7-16-12-34(13-17(16)8-18)11-15-2-4-35-5-3-15/h6,9-10,15-18H,2-5,7-8,11-13H2,1H3,(H,31,33)/t16-,17+,18?. The molecule has 3 heterocycles. The van der Waals surface area contributed by atoms with Crippen LogP contribution in [0.2, 0.25) is 0 Å². The molecule has 10 heteroatoms. The predicted octanol–water partition coefficient (Wildman–Crippen LogP) is 5.30. The summed E-state index contributed by atoms with van der Waals surface area (Å²) in [4.78, 5) is 2.50. The van der Waals surface area contributed by atoms with E-state index in [0.29, 0.717) is 23.8 Å². The Balaban J connectivity index is 1.27. The molecule has 0 bridgehead atoms. The van der Waals surface area contributed by atoms with Gasteiger partial charge < -0.3 is 15.0 Å². The molecule has 3 atom stereocenters. The fourth-order valence-electron chi connectivity index (χ4n) is 5.85. The average molecular weight is 497 g/mol. The Morgan fingerprint density at radius 3 is 2.34 bits per heavy atom. The number of alkyl halides is 3. The van der Waals surface area contributed by atoms with Crippen molar-refractivity contribution in [2.24, 2.45) is 17.8 Å². The number of aromatic nitrogens is 2. The summed E-state index contributed by atoms with van der Waals surface area (Å²) in [7, 11) is 0. The van der Waals surface area contributed by atoms with E-state index in [4.69, 9.17) is 4.74 Å². The Bertz CT molecular complexity index is 1060. The number of nitrogens with one attached hydrogen (secondary N) is 1. The van der Waals surface area contributed by atoms with Gasteiger partial charge in [0.15, 0.2) is 5.82 Å². The molecule has 35 heavy (non-hydrogen) atoms. The normalized spacial score (nSPS) is 25.7. The molecule has 1 saturated carbocycles. The molecule has 3 aliphatic rings. The molecule has 0 spiro atoms. The summed E-state index contributed by atoms with van der Waals surface area (Å²) in [5, 5.41) is 10.6. The third-order valence-electron chi connectivity index (χ3n) is 7.65. The molecule has 190 valence electrons. The van der Waals surface area contributed by atoms with Crippen LogP contribution < -0.4 is 5.32 Å². The van der Waals surface area contributed by atoms with Crippen molar-refractivity contribution in [2.45, 2.75) is 44.8 Å². The van der Waals surface area contributed by atoms with E-state index in [1.54, 1.807) is 0 Å². The van der Waals surface area contributed by atoms with Crippen LogP contribution in [-0.2, 0) is 10.9 Å². The molecular formula is C25H29F5N4O. The maximum atomic E-state index is 14.3. The number of hydrogen-bond acceptors (Lipinski definition) is 5. The summed E-state index contributed by atoms with van der Waals surface area (Å²) in [5.74, 6) is -0.536. The SMILES string of the molecule is Cc1cc(-c2cc(C(F)(F)F)c(NC3C[C@@H]4CN(CC5CCOCC5)C[C@@H]4C3)nn2)c(F)cc1F. The van der Waals surface area contributed by atoms with E-state index < -0.39 is 23.4 Å². The first-order valence-electron chi connectivity index (χ1n) is 12.1. The van der Waals surface area contributed by atoms with Crippen molar-refractivity contribution in [3.05, 3.63) is 41.0 Å². The van der Waals surface area contributed by atoms with Gasteiger partial charge in [0, 0.05) is 50.5 Å². The highest BCUT2D eigenvalue weighted by molar-refractivity contribution is 5.64. The molecule has 1 aliphatic carbocycles. The van der Waals surface area contributed by atoms with Gasteiger partial charge in [0.2, 0.25) is 0 Å². The number of rotatable bonds is 5. The van der Waals surface area contributed by atoms with Crippen LogP contribution in [0.5, 0.6) is 0 Å². The van der Waals surface area contributed by atoms with E-state index in [-0.39, 0.29) is 28.7 Å². The fraction of sp³-hybridized carbons (Fsp3) is 0.600. The van der Waals surface area contributed by atoms with E-state index in [9.17, 15) is 22.0 Å². The molecule has 2 aliphatic heterocycles. The Morgan fingerprint density at radius 2 is 1.69 bits per heavy atom. The number of hydrogen-bond donors (Lipinski definition) is 1. The molecule has 1 N–H and O–H groups in total. The summed E-state index contributed by atoms with van der Waals surface area (Å²) in [6.07, 6.45) is -0.963. The largest absolute Gasteiger partial charge is 0.420 e. The van der Waals surface area contributed by atoms with Crippen LogP contribution in [-0.4, -0.2) is 54.0 Å². The first kappa shape index (κ1) is 24.4. The number of aryl methyl sites for hydroxylation is 1. The average Bonchev–Trinajstić information content (AvgIpc) is 3.34. The van der Waals surface area contributed by atoms with Crippen LogP contribution in [0.3, 0.4) is 0 Å². The van der Waals surface area contributed by atoms with Crippen molar-refractivity contribution < 1.29 is 26.7 Å². The Kier molecular flexibility index (Phi) is 6.69. The highest BCUT2D eigenvalue weighted by Gasteiger charge is 2.43. The van der Waals surface area contributed by atoms with Crippen molar-refractivity contribution in [3.63, 3.8) is 0 Å². The van der Waals surface area contributed by atoms with Gasteiger partial charge in [0.25, 0.3) is 0 Å². The van der Waals surface area contributed by atoms with Gasteiger partial charge >= 0.3 is 6.18 Å². The lowest BCUT2D eigenvalue weighted by Crippen LogP contribution is -2.32. The molecule has 0 radical (unpaired) electrons. The van der Waals surface area contributed by atoms with Gasteiger partial charge in [-0.3, -0.25) is 0 Å². The summed E-state index contributed by atoms with van der Waals surface area (Å²) in [6.45, 7) is 6.07. The van der Waals surface area contributed by atoms with Crippen LogP contribution in [0.15, 0.2) is 18.2 Å². The van der Waals surface area contributed by atoms with Gasteiger partial charge in [-0.2, -0.15) is 13.2 Å². The number of anilines is 1. The second-order valence-corrected chi connectivity index (χ2v) is 10.2. The van der Waals surface area contributed by atoms with Crippen LogP contribution in [0, 0.1) is 36.3 Å². The summed E-state index contributed by atoms with van der Waals surface area (Å²) in [5.41, 5.74) is -1.38. The molecule has 3 fully saturated rings. The zero-order valence-electron chi connectivity index (χ0n) is 19.5. The smallest absolute Gasteiger partial charge is 0.381 e. The number of ether oxygens (including phenoxy) is 1. The number of fused-ring (bicyclic) bond motifs is 1. The van der Waals surface area contributed by atoms with E-state index >= 15 is 0 Å². The third-order valence-corrected chi connectivity index (χ3v) is 7.65. The molecule has 2 aromatic rings. The van der Waals surface area contributed by atoms with Crippen molar-refractivity contribution in [1.82, 2.24) is 15.1 Å². The first-order chi connectivity index (χ1) is 16.7. The lowest BCUT2D eigenvalue weighted by atomic mass is 10.00. The quantitative estimate of drug-likeness (QED) is 0.570. The zero-order chi connectivity index (χ0) is 24.7. The van der Waals surface area contributed by atoms with E-state index in [1.165, 1.54) is 6.92 Å². The van der Waals surface area contributed by atoms with Gasteiger partial charge in [-0.15, -0.1) is 10.2 Å². The number of halogens is 5. The fourth-order valence-corrected chi connectivity index (χ4v) is 5.85. The van der Waals surface area contributed by atoms with Crippen molar-refractivity contribution >= 4 is 5.82 Å². The predicted molar refractivity (Wildman–Crippen MR) is 121 cm³/mol. The molecule has 1 aromatic carbocycles. The molecule has 1 aromatic heterocycles. The zero-order valence-corrected chi connectivity index (χ0v) is 19.5. The van der Waals surface area contributed by atoms with Gasteiger partial charge in [0.05, 0.1) is 5.69 Å². The van der Waals surface area contributed by atoms with Crippen LogP contribution in [0.25, 0.3) is 11.3 Å². The van der Waals surface area contributed by atoms with Gasteiger partial charge in [-0.1, -0.05) is 0 Å². The topological polar surface area (TPSA) is 50.3 Å². The summed E-state index contributed by atoms with van der Waals surface area (Å²) >= 11 is 0. The molecule has 0 amide bonds. The Hall–Kier alpha value is -2.33. The van der Waals surface area contributed by atoms with Crippen molar-refractivity contribution in [3.8, 4) is 11.3 Å². The minimum absolute atomic E-state index is 0.113. The molecule has 5 nitrogen and oxygen atoms in total. The van der Waals surface area contributed by atoms with Crippen molar-refractivity contribution in [2.75, 3.05) is 38.2 Å². The molecule has 5 rings (SSSR count). The third kappa shape index (κ3) is 5.28. The Labute approximate surface area is 201 Å². The first-order valence-corrected chi connectivity index (χ1v) is 12.1. The van der Waals surface area contributed by atoms with Crippen LogP contribution in [0.4, 0.5) is 27.8 Å². The second kappa shape index (κ2) is 9.61. The highest BCUT2D eigenvalue weighted by atomic mass is 19.4. The van der Waals surface area contributed by atoms with Crippen LogP contribution in [0.1, 0.15) is 36.8 Å². The second-order valence-electron chi connectivity index (χ2n) is 10.2. The molecule has 2 saturated heterocycles. The lowest BCUT2D eigenvalue weighted by molar-refractivity contribution is -0.137. The number of benzene rings is 1. The minimum Gasteiger partial charge on any atom is -0.381 e. The van der Waals surface area contributed by atoms with Gasteiger partial charge in [-0.25, -0.2) is 8.78 Å². The van der Waals surface area contributed by atoms with Gasteiger partial charge in [0.1, 0.15) is 17.2 Å². The van der Waals surface area contributed by atoms with Crippen molar-refractivity contribution in [1.29, 1.82) is 0 Å². The monoisotopic (exact) mass is 496 g/mol.